The first-order valence-electron chi connectivity index (χ1n) is 7.53. The van der Waals surface area contributed by atoms with Gasteiger partial charge in [0.1, 0.15) is 0 Å². The van der Waals surface area contributed by atoms with E-state index in [1.54, 1.807) is 6.92 Å². The summed E-state index contributed by atoms with van der Waals surface area (Å²) in [6.45, 7) is 8.03. The first-order valence-corrected chi connectivity index (χ1v) is 7.53. The lowest BCUT2D eigenvalue weighted by molar-refractivity contribution is -0.00521. The van der Waals surface area contributed by atoms with Crippen LogP contribution >= 0.6 is 0 Å². The van der Waals surface area contributed by atoms with Gasteiger partial charge in [0.2, 0.25) is 0 Å². The van der Waals surface area contributed by atoms with Gasteiger partial charge in [-0.05, 0) is 45.0 Å². The van der Waals surface area contributed by atoms with E-state index in [-0.39, 0.29) is 18.2 Å². The van der Waals surface area contributed by atoms with Gasteiger partial charge in [0, 0.05) is 24.5 Å². The molecule has 1 heterocycles. The minimum absolute atomic E-state index is 0.229. The van der Waals surface area contributed by atoms with Gasteiger partial charge < -0.3 is 20.3 Å². The Morgan fingerprint density at radius 2 is 1.91 bits per heavy atom. The summed E-state index contributed by atoms with van der Waals surface area (Å²) in [5.41, 5.74) is 1.91. The normalized spacial score (nSPS) is 20.8. The van der Waals surface area contributed by atoms with Crippen LogP contribution in [-0.4, -0.2) is 37.9 Å². The Labute approximate surface area is 132 Å². The molecular weight excluding hydrogens is 278 g/mol. The molecule has 5 heteroatoms. The number of amides is 2. The summed E-state index contributed by atoms with van der Waals surface area (Å²) in [5, 5.41) is 5.46. The summed E-state index contributed by atoms with van der Waals surface area (Å²) < 4.78 is 5.74. The molecule has 1 saturated heterocycles. The molecule has 1 aliphatic heterocycles. The van der Waals surface area contributed by atoms with Crippen molar-refractivity contribution in [2.45, 2.75) is 33.0 Å². The molecule has 2 amide bonds. The van der Waals surface area contributed by atoms with E-state index in [1.807, 2.05) is 24.3 Å². The van der Waals surface area contributed by atoms with Crippen LogP contribution in [0.5, 0.6) is 0 Å². The highest BCUT2D eigenvalue weighted by Gasteiger charge is 2.22. The van der Waals surface area contributed by atoms with Crippen LogP contribution in [0, 0.1) is 11.8 Å². The Kier molecular flexibility index (Phi) is 5.68. The minimum atomic E-state index is -0.246. The van der Waals surface area contributed by atoms with E-state index >= 15 is 0 Å². The van der Waals surface area contributed by atoms with Crippen LogP contribution in [0.3, 0.4) is 0 Å². The van der Waals surface area contributed by atoms with Crippen molar-refractivity contribution < 1.29 is 9.53 Å². The number of morpholine rings is 1. The summed E-state index contributed by atoms with van der Waals surface area (Å²) >= 11 is 0. The van der Waals surface area contributed by atoms with Crippen molar-refractivity contribution in [2.75, 3.05) is 29.9 Å². The van der Waals surface area contributed by atoms with Crippen LogP contribution in [0.25, 0.3) is 0 Å². The maximum atomic E-state index is 11.6. The van der Waals surface area contributed by atoms with Crippen LogP contribution in [0.1, 0.15) is 20.8 Å². The number of ether oxygens (including phenoxy) is 1. The summed E-state index contributed by atoms with van der Waals surface area (Å²) in [4.78, 5) is 13.9. The van der Waals surface area contributed by atoms with Crippen LogP contribution in [0.2, 0.25) is 0 Å². The van der Waals surface area contributed by atoms with Gasteiger partial charge in [-0.15, -0.1) is 5.92 Å². The predicted molar refractivity (Wildman–Crippen MR) is 89.1 cm³/mol. The van der Waals surface area contributed by atoms with Gasteiger partial charge in [-0.1, -0.05) is 5.92 Å². The monoisotopic (exact) mass is 301 g/mol. The molecule has 0 unspecified atom stereocenters. The Balaban J connectivity index is 1.92. The lowest BCUT2D eigenvalue weighted by Crippen LogP contribution is -2.45. The minimum Gasteiger partial charge on any atom is -0.372 e. The van der Waals surface area contributed by atoms with Crippen LogP contribution in [0.15, 0.2) is 24.3 Å². The molecular formula is C17H23N3O2. The van der Waals surface area contributed by atoms with Gasteiger partial charge in [-0.25, -0.2) is 4.79 Å². The van der Waals surface area contributed by atoms with Crippen LogP contribution in [0.4, 0.5) is 16.2 Å². The second-order valence-corrected chi connectivity index (χ2v) is 5.44. The number of hydrogen-bond donors (Lipinski definition) is 2. The molecule has 0 bridgehead atoms. The number of carbonyl (C=O) groups is 1. The van der Waals surface area contributed by atoms with Crippen LogP contribution in [-0.2, 0) is 4.74 Å². The Bertz CT molecular complexity index is 550. The highest BCUT2D eigenvalue weighted by Crippen LogP contribution is 2.22. The number of nitrogens with one attached hydrogen (secondary N) is 2. The van der Waals surface area contributed by atoms with Crippen molar-refractivity contribution in [1.29, 1.82) is 0 Å². The molecule has 0 aromatic heterocycles. The molecule has 118 valence electrons. The third-order valence-corrected chi connectivity index (χ3v) is 3.42. The molecule has 0 aliphatic carbocycles. The van der Waals surface area contributed by atoms with Gasteiger partial charge in [0.05, 0.1) is 18.8 Å². The number of hydrogen-bond acceptors (Lipinski definition) is 3. The van der Waals surface area contributed by atoms with E-state index < -0.39 is 0 Å². The molecule has 5 nitrogen and oxygen atoms in total. The van der Waals surface area contributed by atoms with E-state index in [1.165, 1.54) is 0 Å². The maximum Gasteiger partial charge on any atom is 0.319 e. The zero-order chi connectivity index (χ0) is 15.9. The summed E-state index contributed by atoms with van der Waals surface area (Å²) in [5.74, 6) is 5.51. The molecule has 22 heavy (non-hydrogen) atoms. The second kappa shape index (κ2) is 7.71. The van der Waals surface area contributed by atoms with Gasteiger partial charge in [-0.2, -0.15) is 0 Å². The van der Waals surface area contributed by atoms with Crippen molar-refractivity contribution in [3.8, 4) is 11.8 Å². The molecule has 1 aromatic carbocycles. The number of carbonyl (C=O) groups excluding carboxylic acids is 1. The molecule has 0 saturated carbocycles. The molecule has 2 rings (SSSR count). The topological polar surface area (TPSA) is 53.6 Å². The summed E-state index contributed by atoms with van der Waals surface area (Å²) in [7, 11) is 0. The number of anilines is 2. The van der Waals surface area contributed by atoms with Crippen molar-refractivity contribution >= 4 is 17.4 Å². The highest BCUT2D eigenvalue weighted by molar-refractivity contribution is 5.89. The molecule has 2 atom stereocenters. The molecule has 1 aromatic rings. The zero-order valence-electron chi connectivity index (χ0n) is 13.3. The quantitative estimate of drug-likeness (QED) is 0.843. The summed E-state index contributed by atoms with van der Waals surface area (Å²) in [6.07, 6.45) is 0.457. The predicted octanol–water partition coefficient (Wildman–Crippen LogP) is 2.45. The fraction of sp³-hybridized carbons (Fsp3) is 0.471. The maximum absolute atomic E-state index is 11.6. The molecule has 2 N–H and O–H groups in total. The van der Waals surface area contributed by atoms with Crippen molar-refractivity contribution in [1.82, 2.24) is 5.32 Å². The van der Waals surface area contributed by atoms with E-state index in [4.69, 9.17) is 4.74 Å². The average Bonchev–Trinajstić information content (AvgIpc) is 2.47. The van der Waals surface area contributed by atoms with Gasteiger partial charge in [-0.3, -0.25) is 0 Å². The summed E-state index contributed by atoms with van der Waals surface area (Å²) in [6, 6.07) is 7.61. The van der Waals surface area contributed by atoms with Crippen molar-refractivity contribution in [3.05, 3.63) is 24.3 Å². The van der Waals surface area contributed by atoms with E-state index in [0.717, 1.165) is 24.5 Å². The van der Waals surface area contributed by atoms with E-state index in [9.17, 15) is 4.79 Å². The Morgan fingerprint density at radius 1 is 1.27 bits per heavy atom. The average molecular weight is 301 g/mol. The lowest BCUT2D eigenvalue weighted by Gasteiger charge is -2.36. The molecule has 0 radical (unpaired) electrons. The van der Waals surface area contributed by atoms with E-state index in [0.29, 0.717) is 6.54 Å². The molecule has 1 fully saturated rings. The standard InChI is InChI=1S/C17H23N3O2/c1-4-5-10-18-17(21)19-15-6-8-16(9-7-15)20-11-13(2)22-14(3)12-20/h6-9,13-14H,10-12H2,1-3H3,(H2,18,19,21)/t13-,14+. The fourth-order valence-corrected chi connectivity index (χ4v) is 2.53. The van der Waals surface area contributed by atoms with Gasteiger partial charge >= 0.3 is 6.03 Å². The number of rotatable bonds is 3. The van der Waals surface area contributed by atoms with Crippen molar-refractivity contribution in [2.24, 2.45) is 0 Å². The lowest BCUT2D eigenvalue weighted by atomic mass is 10.2. The van der Waals surface area contributed by atoms with Gasteiger partial charge in [0.15, 0.2) is 0 Å². The zero-order valence-corrected chi connectivity index (χ0v) is 13.3. The fourth-order valence-electron chi connectivity index (χ4n) is 2.53. The first kappa shape index (κ1) is 16.2. The SMILES string of the molecule is CC#CCNC(=O)Nc1ccc(N2C[C@@H](C)O[C@@H](C)C2)cc1. The smallest absolute Gasteiger partial charge is 0.319 e. The van der Waals surface area contributed by atoms with E-state index in [2.05, 4.69) is 41.2 Å². The molecule has 0 spiro atoms. The third kappa shape index (κ3) is 4.68. The van der Waals surface area contributed by atoms with Crippen molar-refractivity contribution in [3.63, 3.8) is 0 Å². The number of nitrogens with zero attached hydrogens (tertiary/aromatic N) is 1. The number of benzene rings is 1. The number of urea groups is 1. The van der Waals surface area contributed by atoms with Crippen LogP contribution < -0.4 is 15.5 Å². The highest BCUT2D eigenvalue weighted by atomic mass is 16.5. The largest absolute Gasteiger partial charge is 0.372 e. The van der Waals surface area contributed by atoms with Gasteiger partial charge in [0.25, 0.3) is 0 Å². The first-order chi connectivity index (χ1) is 10.6. The Hall–Kier alpha value is -2.19. The third-order valence-electron chi connectivity index (χ3n) is 3.42. The Morgan fingerprint density at radius 3 is 2.50 bits per heavy atom. The second-order valence-electron chi connectivity index (χ2n) is 5.44. The molecule has 1 aliphatic rings.